The van der Waals surface area contributed by atoms with Crippen LogP contribution in [0.3, 0.4) is 0 Å². The van der Waals surface area contributed by atoms with E-state index in [0.717, 1.165) is 22.0 Å². The van der Waals surface area contributed by atoms with Crippen molar-refractivity contribution in [3.8, 4) is 0 Å². The third kappa shape index (κ3) is 5.71. The lowest BCUT2D eigenvalue weighted by molar-refractivity contribution is -0.113. The Morgan fingerprint density at radius 1 is 0.971 bits per heavy atom. The zero-order valence-corrected chi connectivity index (χ0v) is 21.1. The lowest BCUT2D eigenvalue weighted by Crippen LogP contribution is -2.33. The van der Waals surface area contributed by atoms with Crippen molar-refractivity contribution in [3.05, 3.63) is 83.7 Å². The first-order chi connectivity index (χ1) is 16.8. The first-order valence-corrected chi connectivity index (χ1v) is 12.5. The van der Waals surface area contributed by atoms with Crippen molar-refractivity contribution >= 4 is 40.0 Å². The minimum atomic E-state index is -0.319. The number of anilines is 1. The van der Waals surface area contributed by atoms with Crippen LogP contribution in [0.15, 0.2) is 71.9 Å². The Morgan fingerprint density at radius 3 is 2.43 bits per heavy atom. The summed E-state index contributed by atoms with van der Waals surface area (Å²) in [6.07, 6.45) is 0. The number of aryl methyl sites for hydroxylation is 1. The predicted octanol–water partition coefficient (Wildman–Crippen LogP) is 5.13. The molecule has 4 rings (SSSR count). The van der Waals surface area contributed by atoms with E-state index in [1.165, 1.54) is 11.8 Å². The number of hydrogen-bond acceptors (Lipinski definition) is 5. The molecule has 0 radical (unpaired) electrons. The number of aromatic nitrogens is 3. The predicted molar refractivity (Wildman–Crippen MR) is 141 cm³/mol. The lowest BCUT2D eigenvalue weighted by Gasteiger charge is -2.21. The van der Waals surface area contributed by atoms with Crippen molar-refractivity contribution in [2.45, 2.75) is 32.0 Å². The molecule has 0 aliphatic heterocycles. The number of rotatable bonds is 8. The number of benzene rings is 3. The summed E-state index contributed by atoms with van der Waals surface area (Å²) in [5.74, 6) is 0.661. The number of fused-ring (bicyclic) bond motifs is 1. The number of thioether (sulfide) groups is 1. The average molecular weight is 488 g/mol. The van der Waals surface area contributed by atoms with Crippen LogP contribution < -0.4 is 10.6 Å². The number of amides is 2. The SMILES string of the molecule is Cc1ccc(C(=O)N[C@H](c2nnc(SCC(=O)Nc3cccc4ccccc34)n2C)C(C)C)cc1. The van der Waals surface area contributed by atoms with Gasteiger partial charge in [-0.3, -0.25) is 9.59 Å². The van der Waals surface area contributed by atoms with Gasteiger partial charge in [0.1, 0.15) is 0 Å². The van der Waals surface area contributed by atoms with Gasteiger partial charge in [-0.1, -0.05) is 79.7 Å². The van der Waals surface area contributed by atoms with Crippen molar-refractivity contribution in [3.63, 3.8) is 0 Å². The molecule has 180 valence electrons. The molecule has 1 aromatic heterocycles. The van der Waals surface area contributed by atoms with E-state index in [1.807, 2.05) is 99.1 Å². The second-order valence-electron chi connectivity index (χ2n) is 8.82. The van der Waals surface area contributed by atoms with Crippen LogP contribution in [-0.2, 0) is 11.8 Å². The second-order valence-corrected chi connectivity index (χ2v) is 9.77. The van der Waals surface area contributed by atoms with Crippen LogP contribution in [-0.4, -0.2) is 32.3 Å². The van der Waals surface area contributed by atoms with Gasteiger partial charge < -0.3 is 15.2 Å². The first kappa shape index (κ1) is 24.5. The maximum absolute atomic E-state index is 12.8. The first-order valence-electron chi connectivity index (χ1n) is 11.5. The van der Waals surface area contributed by atoms with E-state index in [1.54, 1.807) is 0 Å². The molecule has 7 nitrogen and oxygen atoms in total. The maximum Gasteiger partial charge on any atom is 0.251 e. The van der Waals surface area contributed by atoms with Crippen LogP contribution in [0.25, 0.3) is 10.8 Å². The van der Waals surface area contributed by atoms with E-state index in [4.69, 9.17) is 0 Å². The molecule has 0 unspecified atom stereocenters. The van der Waals surface area contributed by atoms with Gasteiger partial charge in [-0.2, -0.15) is 0 Å². The molecule has 0 fully saturated rings. The van der Waals surface area contributed by atoms with Gasteiger partial charge >= 0.3 is 0 Å². The van der Waals surface area contributed by atoms with Crippen LogP contribution in [0.5, 0.6) is 0 Å². The van der Waals surface area contributed by atoms with Gasteiger partial charge in [0.15, 0.2) is 11.0 Å². The molecule has 35 heavy (non-hydrogen) atoms. The summed E-state index contributed by atoms with van der Waals surface area (Å²) in [7, 11) is 1.85. The van der Waals surface area contributed by atoms with Crippen molar-refractivity contribution in [2.75, 3.05) is 11.1 Å². The van der Waals surface area contributed by atoms with E-state index >= 15 is 0 Å². The lowest BCUT2D eigenvalue weighted by atomic mass is 10.0. The van der Waals surface area contributed by atoms with E-state index < -0.39 is 0 Å². The minimum Gasteiger partial charge on any atom is -0.342 e. The normalized spacial score (nSPS) is 12.0. The summed E-state index contributed by atoms with van der Waals surface area (Å²) in [6.45, 7) is 6.04. The zero-order chi connectivity index (χ0) is 24.9. The summed E-state index contributed by atoms with van der Waals surface area (Å²) in [5.41, 5.74) is 2.48. The Balaban J connectivity index is 1.42. The quantitative estimate of drug-likeness (QED) is 0.336. The van der Waals surface area contributed by atoms with Crippen LogP contribution in [0.2, 0.25) is 0 Å². The Kier molecular flexibility index (Phi) is 7.51. The minimum absolute atomic E-state index is 0.0970. The van der Waals surface area contributed by atoms with E-state index in [0.29, 0.717) is 16.5 Å². The summed E-state index contributed by atoms with van der Waals surface area (Å²) in [6, 6.07) is 20.9. The van der Waals surface area contributed by atoms with E-state index in [2.05, 4.69) is 20.8 Å². The Labute approximate surface area is 209 Å². The maximum atomic E-state index is 12.8. The average Bonchev–Trinajstić information content (AvgIpc) is 3.21. The Morgan fingerprint density at radius 2 is 1.69 bits per heavy atom. The molecular weight excluding hydrogens is 458 g/mol. The van der Waals surface area contributed by atoms with Crippen LogP contribution in [0.4, 0.5) is 5.69 Å². The molecule has 4 aromatic rings. The third-order valence-electron chi connectivity index (χ3n) is 5.81. The van der Waals surface area contributed by atoms with E-state index in [-0.39, 0.29) is 29.5 Å². The van der Waals surface area contributed by atoms with Crippen LogP contribution in [0, 0.1) is 12.8 Å². The summed E-state index contributed by atoms with van der Waals surface area (Å²) < 4.78 is 1.84. The molecule has 1 atom stereocenters. The van der Waals surface area contributed by atoms with Gasteiger partial charge in [0.05, 0.1) is 11.8 Å². The van der Waals surface area contributed by atoms with Crippen molar-refractivity contribution in [1.29, 1.82) is 0 Å². The highest BCUT2D eigenvalue weighted by atomic mass is 32.2. The zero-order valence-electron chi connectivity index (χ0n) is 20.3. The molecule has 3 aromatic carbocycles. The Bertz CT molecular complexity index is 1340. The molecule has 0 bridgehead atoms. The van der Waals surface area contributed by atoms with E-state index in [9.17, 15) is 9.59 Å². The third-order valence-corrected chi connectivity index (χ3v) is 6.83. The van der Waals surface area contributed by atoms with Crippen molar-refractivity contribution in [1.82, 2.24) is 20.1 Å². The molecule has 0 saturated heterocycles. The molecule has 0 aliphatic rings. The van der Waals surface area contributed by atoms with Gasteiger partial charge in [0.25, 0.3) is 5.91 Å². The standard InChI is InChI=1S/C27H29N5O2S/c1-17(2)24(29-26(34)20-14-12-18(3)13-15-20)25-30-31-27(32(25)4)35-16-23(33)28-22-11-7-9-19-8-5-6-10-21(19)22/h5-15,17,24H,16H2,1-4H3,(H,28,33)(H,29,34)/t24-/m0/s1. The largest absolute Gasteiger partial charge is 0.342 e. The molecule has 0 aliphatic carbocycles. The van der Waals surface area contributed by atoms with Gasteiger partial charge in [0, 0.05) is 23.7 Å². The monoisotopic (exact) mass is 487 g/mol. The van der Waals surface area contributed by atoms with Gasteiger partial charge in [-0.05, 0) is 36.4 Å². The van der Waals surface area contributed by atoms with Crippen molar-refractivity contribution < 1.29 is 9.59 Å². The second kappa shape index (κ2) is 10.7. The fraction of sp³-hybridized carbons (Fsp3) is 0.259. The molecule has 2 amide bonds. The number of carbonyl (C=O) groups excluding carboxylic acids is 2. The highest BCUT2D eigenvalue weighted by Gasteiger charge is 2.25. The summed E-state index contributed by atoms with van der Waals surface area (Å²) in [5, 5.41) is 17.4. The van der Waals surface area contributed by atoms with Crippen molar-refractivity contribution in [2.24, 2.45) is 13.0 Å². The fourth-order valence-electron chi connectivity index (χ4n) is 3.83. The summed E-state index contributed by atoms with van der Waals surface area (Å²) >= 11 is 1.31. The highest BCUT2D eigenvalue weighted by Crippen LogP contribution is 2.26. The molecule has 0 spiro atoms. The number of hydrogen-bond donors (Lipinski definition) is 2. The van der Waals surface area contributed by atoms with Gasteiger partial charge in [0.2, 0.25) is 5.91 Å². The number of nitrogens with zero attached hydrogens (tertiary/aromatic N) is 3. The number of nitrogens with one attached hydrogen (secondary N) is 2. The van der Waals surface area contributed by atoms with Crippen LogP contribution >= 0.6 is 11.8 Å². The van der Waals surface area contributed by atoms with Gasteiger partial charge in [-0.25, -0.2) is 0 Å². The molecule has 8 heteroatoms. The molecule has 2 N–H and O–H groups in total. The smallest absolute Gasteiger partial charge is 0.251 e. The van der Waals surface area contributed by atoms with Gasteiger partial charge in [-0.15, -0.1) is 10.2 Å². The molecule has 0 saturated carbocycles. The molecule has 1 heterocycles. The Hall–Kier alpha value is -3.65. The summed E-state index contributed by atoms with van der Waals surface area (Å²) in [4.78, 5) is 25.5. The molecular formula is C27H29N5O2S. The fourth-order valence-corrected chi connectivity index (χ4v) is 4.55. The highest BCUT2D eigenvalue weighted by molar-refractivity contribution is 7.99. The number of carbonyl (C=O) groups is 2. The van der Waals surface area contributed by atoms with Crippen LogP contribution in [0.1, 0.15) is 41.6 Å². The topological polar surface area (TPSA) is 88.9 Å².